The molecule has 2 aromatic carbocycles. The molecule has 186 valence electrons. The first-order chi connectivity index (χ1) is 16.1. The first-order valence-electron chi connectivity index (χ1n) is 11.8. The van der Waals surface area contributed by atoms with Gasteiger partial charge in [-0.1, -0.05) is 45.0 Å². The van der Waals surface area contributed by atoms with E-state index in [0.29, 0.717) is 38.5 Å². The van der Waals surface area contributed by atoms with Crippen LogP contribution in [0.1, 0.15) is 45.2 Å². The number of rotatable bonds is 12. The van der Waals surface area contributed by atoms with E-state index in [0.717, 1.165) is 23.2 Å². The molecule has 0 aliphatic carbocycles. The molecule has 0 fully saturated rings. The van der Waals surface area contributed by atoms with Crippen molar-refractivity contribution in [3.05, 3.63) is 59.7 Å². The van der Waals surface area contributed by atoms with Gasteiger partial charge in [-0.3, -0.25) is 0 Å². The summed E-state index contributed by atoms with van der Waals surface area (Å²) < 4.78 is 11.1. The van der Waals surface area contributed by atoms with E-state index in [2.05, 4.69) is 26.1 Å². The van der Waals surface area contributed by atoms with E-state index in [4.69, 9.17) is 9.47 Å². The quantitative estimate of drug-likeness (QED) is 0.435. The van der Waals surface area contributed by atoms with Crippen LogP contribution in [0.4, 0.5) is 10.5 Å². The number of carboxylic acid groups (broad SMARTS) is 1. The molecule has 2 rings (SSSR count). The van der Waals surface area contributed by atoms with Crippen LogP contribution in [0, 0.1) is 12.3 Å². The van der Waals surface area contributed by atoms with Gasteiger partial charge in [0.05, 0.1) is 6.54 Å². The van der Waals surface area contributed by atoms with Gasteiger partial charge in [0.2, 0.25) is 0 Å². The largest absolute Gasteiger partial charge is 0.492 e. The number of hydrogen-bond acceptors (Lipinski definition) is 4. The lowest BCUT2D eigenvalue weighted by Crippen LogP contribution is -2.39. The maximum absolute atomic E-state index is 12.9. The van der Waals surface area contributed by atoms with Crippen LogP contribution >= 0.6 is 0 Å². The molecule has 0 bridgehead atoms. The zero-order chi connectivity index (χ0) is 25.1. The number of urea groups is 1. The Labute approximate surface area is 203 Å². The fourth-order valence-corrected chi connectivity index (χ4v) is 3.34. The van der Waals surface area contributed by atoms with Crippen LogP contribution in [-0.4, -0.2) is 54.4 Å². The van der Waals surface area contributed by atoms with E-state index in [9.17, 15) is 14.7 Å². The van der Waals surface area contributed by atoms with Crippen molar-refractivity contribution in [3.63, 3.8) is 0 Å². The number of ether oxygens (including phenoxy) is 2. The van der Waals surface area contributed by atoms with Crippen molar-refractivity contribution in [2.24, 2.45) is 5.41 Å². The highest BCUT2D eigenvalue weighted by Crippen LogP contribution is 2.20. The number of carbonyl (C=O) groups excluding carboxylic acids is 1. The third kappa shape index (κ3) is 9.83. The number of aliphatic carboxylic acids is 1. The topological polar surface area (TPSA) is 88.1 Å². The SMILES string of the molecule is CCOC(Cc1ccc(OCCN(CCC(C)(C)C)C(=O)Nc2cccc(C)c2)cc1)C(=O)O. The number of anilines is 1. The van der Waals surface area contributed by atoms with Crippen LogP contribution in [0.25, 0.3) is 0 Å². The molecular formula is C27H38N2O5. The Bertz CT molecular complexity index is 921. The molecule has 0 aliphatic heterocycles. The second-order valence-corrected chi connectivity index (χ2v) is 9.58. The van der Waals surface area contributed by atoms with Crippen molar-refractivity contribution in [2.45, 2.75) is 53.6 Å². The maximum Gasteiger partial charge on any atom is 0.333 e. The number of benzene rings is 2. The molecule has 0 radical (unpaired) electrons. The van der Waals surface area contributed by atoms with E-state index >= 15 is 0 Å². The Morgan fingerprint density at radius 1 is 1.09 bits per heavy atom. The average molecular weight is 471 g/mol. The normalized spacial score (nSPS) is 12.1. The van der Waals surface area contributed by atoms with Crippen LogP contribution in [0.15, 0.2) is 48.5 Å². The van der Waals surface area contributed by atoms with Crippen LogP contribution in [0.5, 0.6) is 5.75 Å². The van der Waals surface area contributed by atoms with Gasteiger partial charge in [0.15, 0.2) is 6.10 Å². The number of carbonyl (C=O) groups is 2. The fourth-order valence-electron chi connectivity index (χ4n) is 3.34. The summed E-state index contributed by atoms with van der Waals surface area (Å²) in [6.07, 6.45) is 0.302. The lowest BCUT2D eigenvalue weighted by Gasteiger charge is -2.27. The molecule has 0 spiro atoms. The number of hydrogen-bond donors (Lipinski definition) is 2. The van der Waals surface area contributed by atoms with Crippen molar-refractivity contribution in [3.8, 4) is 5.75 Å². The van der Waals surface area contributed by atoms with E-state index in [-0.39, 0.29) is 11.4 Å². The van der Waals surface area contributed by atoms with Crippen LogP contribution < -0.4 is 10.1 Å². The summed E-state index contributed by atoms with van der Waals surface area (Å²) in [5, 5.41) is 12.2. The van der Waals surface area contributed by atoms with E-state index in [1.165, 1.54) is 0 Å². The Balaban J connectivity index is 1.94. The smallest absolute Gasteiger partial charge is 0.333 e. The highest BCUT2D eigenvalue weighted by atomic mass is 16.5. The van der Waals surface area contributed by atoms with Crippen LogP contribution in [-0.2, 0) is 16.0 Å². The summed E-state index contributed by atoms with van der Waals surface area (Å²) in [4.78, 5) is 26.0. The zero-order valence-corrected chi connectivity index (χ0v) is 21.0. The average Bonchev–Trinajstić information content (AvgIpc) is 2.76. The maximum atomic E-state index is 12.9. The number of nitrogens with one attached hydrogen (secondary N) is 1. The third-order valence-electron chi connectivity index (χ3n) is 5.31. The highest BCUT2D eigenvalue weighted by Gasteiger charge is 2.19. The van der Waals surface area contributed by atoms with Crippen molar-refractivity contribution >= 4 is 17.7 Å². The van der Waals surface area contributed by atoms with Crippen molar-refractivity contribution < 1.29 is 24.2 Å². The summed E-state index contributed by atoms with van der Waals surface area (Å²) in [7, 11) is 0. The molecule has 0 saturated heterocycles. The molecule has 7 nitrogen and oxygen atoms in total. The predicted octanol–water partition coefficient (Wildman–Crippen LogP) is 5.38. The van der Waals surface area contributed by atoms with Crippen molar-refractivity contribution in [1.29, 1.82) is 0 Å². The minimum atomic E-state index is -0.971. The number of carboxylic acids is 1. The lowest BCUT2D eigenvalue weighted by atomic mass is 9.92. The summed E-state index contributed by atoms with van der Waals surface area (Å²) >= 11 is 0. The van der Waals surface area contributed by atoms with E-state index in [1.54, 1.807) is 11.8 Å². The molecule has 34 heavy (non-hydrogen) atoms. The van der Waals surface area contributed by atoms with E-state index < -0.39 is 12.1 Å². The molecule has 0 saturated carbocycles. The molecular weight excluding hydrogens is 432 g/mol. The van der Waals surface area contributed by atoms with Gasteiger partial charge < -0.3 is 24.8 Å². The minimum absolute atomic E-state index is 0.105. The molecule has 0 aliphatic rings. The fraction of sp³-hybridized carbons (Fsp3) is 0.481. The zero-order valence-electron chi connectivity index (χ0n) is 21.0. The van der Waals surface area contributed by atoms with Gasteiger partial charge in [0, 0.05) is 25.3 Å². The molecule has 1 atom stereocenters. The summed E-state index contributed by atoms with van der Waals surface area (Å²) in [5.41, 5.74) is 2.82. The monoisotopic (exact) mass is 470 g/mol. The van der Waals surface area contributed by atoms with Crippen molar-refractivity contribution in [1.82, 2.24) is 4.90 Å². The molecule has 7 heteroatoms. The second-order valence-electron chi connectivity index (χ2n) is 9.58. The lowest BCUT2D eigenvalue weighted by molar-refractivity contribution is -0.149. The van der Waals surface area contributed by atoms with Crippen molar-refractivity contribution in [2.75, 3.05) is 31.6 Å². The summed E-state index contributed by atoms with van der Waals surface area (Å²) in [6, 6.07) is 14.9. The molecule has 2 aromatic rings. The summed E-state index contributed by atoms with van der Waals surface area (Å²) in [6.45, 7) is 12.0. The highest BCUT2D eigenvalue weighted by molar-refractivity contribution is 5.89. The van der Waals surface area contributed by atoms with E-state index in [1.807, 2.05) is 55.5 Å². The van der Waals surface area contributed by atoms with Gasteiger partial charge in [-0.15, -0.1) is 0 Å². The Kier molecular flexibility index (Phi) is 10.4. The Morgan fingerprint density at radius 2 is 1.79 bits per heavy atom. The van der Waals surface area contributed by atoms with Gasteiger partial charge in [-0.2, -0.15) is 0 Å². The first-order valence-corrected chi connectivity index (χ1v) is 11.8. The second kappa shape index (κ2) is 13.0. The predicted molar refractivity (Wildman–Crippen MR) is 135 cm³/mol. The molecule has 1 unspecified atom stereocenters. The number of amides is 2. The first kappa shape index (κ1) is 27.2. The summed E-state index contributed by atoms with van der Waals surface area (Å²) in [5.74, 6) is -0.302. The molecule has 0 heterocycles. The van der Waals surface area contributed by atoms with Crippen LogP contribution in [0.2, 0.25) is 0 Å². The Morgan fingerprint density at radius 3 is 2.38 bits per heavy atom. The standard InChI is InChI=1S/C27H38N2O5/c1-6-33-24(25(30)31)19-21-10-12-23(13-11-21)34-17-16-29(15-14-27(3,4)5)26(32)28-22-9-7-8-20(2)18-22/h7-13,18,24H,6,14-17,19H2,1-5H3,(H,28,32)(H,30,31). The Hall–Kier alpha value is -3.06. The molecule has 2 N–H and O–H groups in total. The van der Waals surface area contributed by atoms with Gasteiger partial charge in [0.1, 0.15) is 12.4 Å². The van der Waals surface area contributed by atoms with Gasteiger partial charge in [-0.25, -0.2) is 9.59 Å². The molecule has 2 amide bonds. The van der Waals surface area contributed by atoms with Crippen LogP contribution in [0.3, 0.4) is 0 Å². The van der Waals surface area contributed by atoms with Gasteiger partial charge in [0.25, 0.3) is 0 Å². The minimum Gasteiger partial charge on any atom is -0.492 e. The van der Waals surface area contributed by atoms with Gasteiger partial charge in [-0.05, 0) is 61.1 Å². The number of aryl methyl sites for hydroxylation is 1. The number of nitrogens with zero attached hydrogens (tertiary/aromatic N) is 1. The van der Waals surface area contributed by atoms with Gasteiger partial charge >= 0.3 is 12.0 Å². The third-order valence-corrected chi connectivity index (χ3v) is 5.31. The molecule has 0 aromatic heterocycles.